The molecule has 0 saturated carbocycles. The van der Waals surface area contributed by atoms with Crippen LogP contribution in [0, 0.1) is 16.0 Å². The van der Waals surface area contributed by atoms with Gasteiger partial charge in [0.15, 0.2) is 0 Å². The maximum Gasteiger partial charge on any atom is 0.273 e. The third-order valence-electron chi connectivity index (χ3n) is 3.38. The van der Waals surface area contributed by atoms with E-state index < -0.39 is 0 Å². The Bertz CT molecular complexity index is 460. The summed E-state index contributed by atoms with van der Waals surface area (Å²) in [7, 11) is 1.99. The van der Waals surface area contributed by atoms with E-state index in [9.17, 15) is 10.1 Å². The average Bonchev–Trinajstić information content (AvgIpc) is 2.37. The lowest BCUT2D eigenvalue weighted by Crippen LogP contribution is -2.30. The number of benzene rings is 1. The van der Waals surface area contributed by atoms with Gasteiger partial charge in [-0.25, -0.2) is 0 Å². The summed E-state index contributed by atoms with van der Waals surface area (Å²) in [6.07, 6.45) is 1.05. The molecule has 1 atom stereocenters. The van der Waals surface area contributed by atoms with Gasteiger partial charge in [0.05, 0.1) is 4.92 Å². The number of nitrogens with one attached hydrogen (secondary N) is 1. The largest absolute Gasteiger partial charge is 0.385 e. The van der Waals surface area contributed by atoms with Crippen molar-refractivity contribution in [2.24, 2.45) is 5.92 Å². The van der Waals surface area contributed by atoms with Gasteiger partial charge in [0.1, 0.15) is 0 Å². The Labute approximate surface area is 121 Å². The average molecular weight is 279 g/mol. The molecule has 0 heterocycles. The zero-order valence-electron chi connectivity index (χ0n) is 13.0. The number of hydrogen-bond acceptors (Lipinski definition) is 4. The molecule has 0 fully saturated rings. The molecular weight excluding hydrogens is 254 g/mol. The van der Waals surface area contributed by atoms with Crippen LogP contribution in [0.2, 0.25) is 0 Å². The van der Waals surface area contributed by atoms with E-state index >= 15 is 0 Å². The molecule has 0 bridgehead atoms. The topological polar surface area (TPSA) is 58.4 Å². The standard InChI is InChI=1S/C15H25N3O2/c1-6-16-13-8-14(10-15(9-13)18(19)20)17(5)12(4)7-11(2)3/h8-12,16H,6-7H2,1-5H3. The Morgan fingerprint density at radius 2 is 1.95 bits per heavy atom. The molecule has 112 valence electrons. The van der Waals surface area contributed by atoms with Gasteiger partial charge >= 0.3 is 0 Å². The van der Waals surface area contributed by atoms with Crippen molar-refractivity contribution < 1.29 is 4.92 Å². The van der Waals surface area contributed by atoms with Crippen molar-refractivity contribution in [3.8, 4) is 0 Å². The van der Waals surface area contributed by atoms with E-state index in [1.807, 2.05) is 20.0 Å². The van der Waals surface area contributed by atoms with Gasteiger partial charge in [-0.15, -0.1) is 0 Å². The minimum absolute atomic E-state index is 0.127. The fourth-order valence-corrected chi connectivity index (χ4v) is 2.31. The zero-order valence-corrected chi connectivity index (χ0v) is 13.0. The van der Waals surface area contributed by atoms with Crippen molar-refractivity contribution in [1.29, 1.82) is 0 Å². The van der Waals surface area contributed by atoms with Gasteiger partial charge in [0.25, 0.3) is 5.69 Å². The highest BCUT2D eigenvalue weighted by atomic mass is 16.6. The SMILES string of the molecule is CCNc1cc(N(C)C(C)CC(C)C)cc([N+](=O)[O-])c1. The second kappa shape index (κ2) is 7.12. The van der Waals surface area contributed by atoms with Gasteiger partial charge in [-0.3, -0.25) is 10.1 Å². The molecule has 1 N–H and O–H groups in total. The van der Waals surface area contributed by atoms with Crippen LogP contribution in [-0.4, -0.2) is 24.6 Å². The first-order valence-corrected chi connectivity index (χ1v) is 7.11. The van der Waals surface area contributed by atoms with Gasteiger partial charge < -0.3 is 10.2 Å². The van der Waals surface area contributed by atoms with Crippen molar-refractivity contribution in [3.63, 3.8) is 0 Å². The van der Waals surface area contributed by atoms with Crippen LogP contribution in [0.5, 0.6) is 0 Å². The predicted molar refractivity (Wildman–Crippen MR) is 84.6 cm³/mol. The summed E-state index contributed by atoms with van der Waals surface area (Å²) in [5.41, 5.74) is 1.80. The maximum absolute atomic E-state index is 11.0. The van der Waals surface area contributed by atoms with Crippen molar-refractivity contribution >= 4 is 17.1 Å². The molecule has 0 aromatic heterocycles. The molecule has 1 aromatic rings. The normalized spacial score (nSPS) is 12.3. The van der Waals surface area contributed by atoms with E-state index in [-0.39, 0.29) is 10.6 Å². The summed E-state index contributed by atoms with van der Waals surface area (Å²) in [5.74, 6) is 0.597. The fourth-order valence-electron chi connectivity index (χ4n) is 2.31. The minimum atomic E-state index is -0.342. The van der Waals surface area contributed by atoms with Gasteiger partial charge in [0.2, 0.25) is 0 Å². The number of nitro benzene ring substituents is 1. The smallest absolute Gasteiger partial charge is 0.273 e. The van der Waals surface area contributed by atoms with Crippen LogP contribution in [0.25, 0.3) is 0 Å². The molecule has 0 aliphatic heterocycles. The van der Waals surface area contributed by atoms with Crippen molar-refractivity contribution in [1.82, 2.24) is 0 Å². The molecule has 1 rings (SSSR count). The Morgan fingerprint density at radius 3 is 2.45 bits per heavy atom. The molecule has 0 aliphatic carbocycles. The number of hydrogen-bond donors (Lipinski definition) is 1. The van der Waals surface area contributed by atoms with E-state index in [0.29, 0.717) is 12.0 Å². The number of non-ortho nitro benzene ring substituents is 1. The van der Waals surface area contributed by atoms with Crippen molar-refractivity contribution in [2.75, 3.05) is 23.8 Å². The quantitative estimate of drug-likeness (QED) is 0.607. The second-order valence-corrected chi connectivity index (χ2v) is 5.62. The van der Waals surface area contributed by atoms with Crippen LogP contribution >= 0.6 is 0 Å². The highest BCUT2D eigenvalue weighted by molar-refractivity contribution is 5.64. The summed E-state index contributed by atoms with van der Waals surface area (Å²) in [5, 5.41) is 14.2. The highest BCUT2D eigenvalue weighted by Crippen LogP contribution is 2.28. The lowest BCUT2D eigenvalue weighted by Gasteiger charge is -2.28. The summed E-state index contributed by atoms with van der Waals surface area (Å²) in [6.45, 7) is 9.23. The molecule has 0 amide bonds. The van der Waals surface area contributed by atoms with Crippen LogP contribution in [0.3, 0.4) is 0 Å². The van der Waals surface area contributed by atoms with E-state index in [2.05, 4.69) is 31.0 Å². The van der Waals surface area contributed by atoms with Crippen LogP contribution in [0.1, 0.15) is 34.1 Å². The first kappa shape index (κ1) is 16.3. The molecule has 5 nitrogen and oxygen atoms in total. The van der Waals surface area contributed by atoms with Crippen molar-refractivity contribution in [3.05, 3.63) is 28.3 Å². The number of nitrogens with zero attached hydrogens (tertiary/aromatic N) is 2. The van der Waals surface area contributed by atoms with Gasteiger partial charge in [-0.2, -0.15) is 0 Å². The fraction of sp³-hybridized carbons (Fsp3) is 0.600. The molecule has 20 heavy (non-hydrogen) atoms. The Morgan fingerprint density at radius 1 is 1.30 bits per heavy atom. The van der Waals surface area contributed by atoms with E-state index in [0.717, 1.165) is 24.3 Å². The van der Waals surface area contributed by atoms with Crippen LogP contribution in [-0.2, 0) is 0 Å². The Hall–Kier alpha value is -1.78. The number of nitro groups is 1. The molecular formula is C15H25N3O2. The molecule has 0 saturated heterocycles. The third kappa shape index (κ3) is 4.40. The summed E-state index contributed by atoms with van der Waals surface area (Å²) >= 11 is 0. The first-order chi connectivity index (χ1) is 9.35. The third-order valence-corrected chi connectivity index (χ3v) is 3.38. The van der Waals surface area contributed by atoms with Crippen molar-refractivity contribution in [2.45, 2.75) is 40.2 Å². The van der Waals surface area contributed by atoms with E-state index in [4.69, 9.17) is 0 Å². The highest BCUT2D eigenvalue weighted by Gasteiger charge is 2.16. The van der Waals surface area contributed by atoms with Crippen LogP contribution in [0.4, 0.5) is 17.1 Å². The Balaban J connectivity index is 3.05. The van der Waals surface area contributed by atoms with Gasteiger partial charge in [-0.1, -0.05) is 13.8 Å². The summed E-state index contributed by atoms with van der Waals surface area (Å²) in [4.78, 5) is 12.8. The molecule has 1 aromatic carbocycles. The number of rotatable bonds is 7. The second-order valence-electron chi connectivity index (χ2n) is 5.62. The lowest BCUT2D eigenvalue weighted by molar-refractivity contribution is -0.384. The first-order valence-electron chi connectivity index (χ1n) is 7.11. The van der Waals surface area contributed by atoms with Gasteiger partial charge in [-0.05, 0) is 32.3 Å². The molecule has 5 heteroatoms. The van der Waals surface area contributed by atoms with Crippen LogP contribution in [0.15, 0.2) is 18.2 Å². The van der Waals surface area contributed by atoms with Crippen LogP contribution < -0.4 is 10.2 Å². The Kier molecular flexibility index (Phi) is 5.80. The summed E-state index contributed by atoms with van der Waals surface area (Å²) in [6, 6.07) is 5.52. The molecule has 1 unspecified atom stereocenters. The summed E-state index contributed by atoms with van der Waals surface area (Å²) < 4.78 is 0. The van der Waals surface area contributed by atoms with Gasteiger partial charge in [0, 0.05) is 43.1 Å². The van der Waals surface area contributed by atoms with E-state index in [1.54, 1.807) is 12.1 Å². The lowest BCUT2D eigenvalue weighted by atomic mass is 10.0. The van der Waals surface area contributed by atoms with E-state index in [1.165, 1.54) is 0 Å². The molecule has 0 aliphatic rings. The molecule has 0 radical (unpaired) electrons. The molecule has 0 spiro atoms. The number of anilines is 2. The zero-order chi connectivity index (χ0) is 15.3. The predicted octanol–water partition coefficient (Wildman–Crippen LogP) is 3.90. The maximum atomic E-state index is 11.0. The minimum Gasteiger partial charge on any atom is -0.385 e. The monoisotopic (exact) mass is 279 g/mol.